The van der Waals surface area contributed by atoms with E-state index in [0.717, 1.165) is 42.0 Å². The highest BCUT2D eigenvalue weighted by atomic mass is 16.5. The van der Waals surface area contributed by atoms with Gasteiger partial charge in [-0.15, -0.1) is 0 Å². The molecule has 1 aliphatic heterocycles. The number of aromatic nitrogens is 2. The fraction of sp³-hybridized carbons (Fsp3) is 0.333. The molecule has 0 saturated heterocycles. The average molecular weight is 256 g/mol. The fourth-order valence-corrected chi connectivity index (χ4v) is 2.39. The lowest BCUT2D eigenvalue weighted by atomic mass is 10.0. The summed E-state index contributed by atoms with van der Waals surface area (Å²) in [6.07, 6.45) is 3.90. The lowest BCUT2D eigenvalue weighted by Crippen LogP contribution is -2.05. The van der Waals surface area contributed by atoms with Crippen LogP contribution in [0.3, 0.4) is 0 Å². The van der Waals surface area contributed by atoms with Crippen LogP contribution in [0.1, 0.15) is 28.0 Å². The third-order valence-corrected chi connectivity index (χ3v) is 3.54. The highest BCUT2D eigenvalue weighted by Gasteiger charge is 2.15. The van der Waals surface area contributed by atoms with Gasteiger partial charge in [-0.2, -0.15) is 5.10 Å². The Morgan fingerprint density at radius 2 is 2.32 bits per heavy atom. The summed E-state index contributed by atoms with van der Waals surface area (Å²) in [6.45, 7) is 0.724. The quantitative estimate of drug-likeness (QED) is 0.787. The number of carbonyl (C=O) groups excluding carboxylic acids is 1. The molecule has 0 bridgehead atoms. The predicted molar refractivity (Wildman–Crippen MR) is 71.5 cm³/mol. The first kappa shape index (κ1) is 12.0. The molecule has 1 aromatic heterocycles. The molecule has 0 spiro atoms. The fourth-order valence-electron chi connectivity index (χ4n) is 2.39. The SMILES string of the molecule is Cn1nccc1CCC(=O)c1ccc2c(c1)CCO2. The second kappa shape index (κ2) is 4.88. The minimum atomic E-state index is 0.177. The van der Waals surface area contributed by atoms with Crippen LogP contribution in [0.15, 0.2) is 30.5 Å². The van der Waals surface area contributed by atoms with E-state index in [1.54, 1.807) is 6.20 Å². The van der Waals surface area contributed by atoms with Gasteiger partial charge in [0.2, 0.25) is 0 Å². The molecule has 98 valence electrons. The molecule has 0 amide bonds. The Morgan fingerprint density at radius 3 is 3.11 bits per heavy atom. The molecule has 1 aromatic carbocycles. The summed E-state index contributed by atoms with van der Waals surface area (Å²) in [7, 11) is 1.90. The zero-order chi connectivity index (χ0) is 13.2. The van der Waals surface area contributed by atoms with Crippen LogP contribution in [0.4, 0.5) is 0 Å². The van der Waals surface area contributed by atoms with Crippen molar-refractivity contribution in [1.82, 2.24) is 9.78 Å². The Hall–Kier alpha value is -2.10. The standard InChI is InChI=1S/C15H16N2O2/c1-17-13(6-8-16-17)3-4-14(18)11-2-5-15-12(10-11)7-9-19-15/h2,5-6,8,10H,3-4,7,9H2,1H3. The van der Waals surface area contributed by atoms with Crippen molar-refractivity contribution in [3.8, 4) is 5.75 Å². The van der Waals surface area contributed by atoms with Gasteiger partial charge in [-0.05, 0) is 36.2 Å². The molecular weight excluding hydrogens is 240 g/mol. The van der Waals surface area contributed by atoms with E-state index in [4.69, 9.17) is 4.74 Å². The largest absolute Gasteiger partial charge is 0.493 e. The van der Waals surface area contributed by atoms with Crippen LogP contribution in [0, 0.1) is 0 Å². The van der Waals surface area contributed by atoms with Crippen LogP contribution in [0.25, 0.3) is 0 Å². The van der Waals surface area contributed by atoms with Crippen molar-refractivity contribution in [2.24, 2.45) is 7.05 Å². The number of hydrogen-bond acceptors (Lipinski definition) is 3. The molecule has 0 saturated carbocycles. The second-order valence-corrected chi connectivity index (χ2v) is 4.79. The summed E-state index contributed by atoms with van der Waals surface area (Å²) in [5, 5.41) is 4.10. The molecule has 4 heteroatoms. The Morgan fingerprint density at radius 1 is 1.42 bits per heavy atom. The summed E-state index contributed by atoms with van der Waals surface area (Å²) in [4.78, 5) is 12.2. The number of Topliss-reactive ketones (excluding diaryl/α,β-unsaturated/α-hetero) is 1. The van der Waals surface area contributed by atoms with Gasteiger partial charge in [0.25, 0.3) is 0 Å². The van der Waals surface area contributed by atoms with E-state index < -0.39 is 0 Å². The highest BCUT2D eigenvalue weighted by Crippen LogP contribution is 2.26. The minimum absolute atomic E-state index is 0.177. The summed E-state index contributed by atoms with van der Waals surface area (Å²) < 4.78 is 7.25. The van der Waals surface area contributed by atoms with E-state index >= 15 is 0 Å². The monoisotopic (exact) mass is 256 g/mol. The predicted octanol–water partition coefficient (Wildman–Crippen LogP) is 2.17. The molecule has 3 rings (SSSR count). The number of ether oxygens (including phenoxy) is 1. The molecule has 0 fully saturated rings. The first-order valence-corrected chi connectivity index (χ1v) is 6.50. The summed E-state index contributed by atoms with van der Waals surface area (Å²) in [6, 6.07) is 7.67. The van der Waals surface area contributed by atoms with Crippen LogP contribution in [0.2, 0.25) is 0 Å². The zero-order valence-corrected chi connectivity index (χ0v) is 10.9. The normalized spacial score (nSPS) is 13.1. The highest BCUT2D eigenvalue weighted by molar-refractivity contribution is 5.96. The van der Waals surface area contributed by atoms with Gasteiger partial charge in [0.05, 0.1) is 6.61 Å². The molecule has 4 nitrogen and oxygen atoms in total. The van der Waals surface area contributed by atoms with Gasteiger partial charge in [0.15, 0.2) is 5.78 Å². The van der Waals surface area contributed by atoms with Gasteiger partial charge in [0.1, 0.15) is 5.75 Å². The van der Waals surface area contributed by atoms with Crippen LogP contribution >= 0.6 is 0 Å². The van der Waals surface area contributed by atoms with Crippen molar-refractivity contribution < 1.29 is 9.53 Å². The Bertz CT molecular complexity index is 616. The van der Waals surface area contributed by atoms with Crippen molar-refractivity contribution in [3.05, 3.63) is 47.3 Å². The lowest BCUT2D eigenvalue weighted by Gasteiger charge is -2.04. The molecule has 0 radical (unpaired) electrons. The number of benzene rings is 1. The summed E-state index contributed by atoms with van der Waals surface area (Å²) >= 11 is 0. The van der Waals surface area contributed by atoms with Crippen LogP contribution in [0.5, 0.6) is 5.75 Å². The number of carbonyl (C=O) groups is 1. The van der Waals surface area contributed by atoms with E-state index in [-0.39, 0.29) is 5.78 Å². The first-order chi connectivity index (χ1) is 9.24. The molecule has 2 heterocycles. The van der Waals surface area contributed by atoms with Gasteiger partial charge in [0, 0.05) is 37.3 Å². The van der Waals surface area contributed by atoms with Gasteiger partial charge in [-0.25, -0.2) is 0 Å². The zero-order valence-electron chi connectivity index (χ0n) is 10.9. The first-order valence-electron chi connectivity index (χ1n) is 6.50. The maximum atomic E-state index is 12.2. The number of aryl methyl sites for hydroxylation is 2. The maximum absolute atomic E-state index is 12.2. The number of rotatable bonds is 4. The number of nitrogens with zero attached hydrogens (tertiary/aromatic N) is 2. The number of fused-ring (bicyclic) bond motifs is 1. The molecule has 19 heavy (non-hydrogen) atoms. The topological polar surface area (TPSA) is 44.1 Å². The lowest BCUT2D eigenvalue weighted by molar-refractivity contribution is 0.0982. The van der Waals surface area contributed by atoms with E-state index in [9.17, 15) is 4.79 Å². The summed E-state index contributed by atoms with van der Waals surface area (Å²) in [5.41, 5.74) is 3.01. The van der Waals surface area contributed by atoms with Gasteiger partial charge < -0.3 is 4.74 Å². The van der Waals surface area contributed by atoms with Crippen molar-refractivity contribution >= 4 is 5.78 Å². The molecule has 0 unspecified atom stereocenters. The number of hydrogen-bond donors (Lipinski definition) is 0. The molecule has 1 aliphatic rings. The van der Waals surface area contributed by atoms with Gasteiger partial charge in [-0.1, -0.05) is 0 Å². The molecule has 0 atom stereocenters. The van der Waals surface area contributed by atoms with Crippen LogP contribution in [-0.2, 0) is 19.9 Å². The second-order valence-electron chi connectivity index (χ2n) is 4.79. The Balaban J connectivity index is 1.69. The molecule has 0 N–H and O–H groups in total. The summed E-state index contributed by atoms with van der Waals surface area (Å²) in [5.74, 6) is 1.10. The van der Waals surface area contributed by atoms with Crippen molar-refractivity contribution in [2.45, 2.75) is 19.3 Å². The third kappa shape index (κ3) is 2.38. The van der Waals surface area contributed by atoms with Crippen molar-refractivity contribution in [3.63, 3.8) is 0 Å². The molecule has 0 aliphatic carbocycles. The Labute approximate surface area is 112 Å². The minimum Gasteiger partial charge on any atom is -0.493 e. The van der Waals surface area contributed by atoms with Crippen molar-refractivity contribution in [1.29, 1.82) is 0 Å². The molecular formula is C15H16N2O2. The molecule has 2 aromatic rings. The average Bonchev–Trinajstić information content (AvgIpc) is 3.03. The van der Waals surface area contributed by atoms with Gasteiger partial charge >= 0.3 is 0 Å². The Kier molecular flexibility index (Phi) is 3.07. The van der Waals surface area contributed by atoms with Crippen LogP contribution in [-0.4, -0.2) is 22.2 Å². The third-order valence-electron chi connectivity index (χ3n) is 3.54. The van der Waals surface area contributed by atoms with E-state index in [2.05, 4.69) is 5.10 Å². The van der Waals surface area contributed by atoms with E-state index in [1.807, 2.05) is 36.0 Å². The van der Waals surface area contributed by atoms with E-state index in [0.29, 0.717) is 6.42 Å². The van der Waals surface area contributed by atoms with Crippen molar-refractivity contribution in [2.75, 3.05) is 6.61 Å². The van der Waals surface area contributed by atoms with Gasteiger partial charge in [-0.3, -0.25) is 9.48 Å². The smallest absolute Gasteiger partial charge is 0.163 e. The van der Waals surface area contributed by atoms with Crippen LogP contribution < -0.4 is 4.74 Å². The number of ketones is 1. The maximum Gasteiger partial charge on any atom is 0.163 e. The van der Waals surface area contributed by atoms with E-state index in [1.165, 1.54) is 0 Å².